The number of fused-ring (bicyclic) bond motifs is 1. The summed E-state index contributed by atoms with van der Waals surface area (Å²) in [6.45, 7) is 0. The molecule has 0 aliphatic carbocycles. The molecule has 0 amide bonds. The Balaban J connectivity index is 2.20. The van der Waals surface area contributed by atoms with E-state index in [0.29, 0.717) is 0 Å². The van der Waals surface area contributed by atoms with Crippen LogP contribution in [0.15, 0.2) is 42.7 Å². The highest BCUT2D eigenvalue weighted by atomic mass is 15.4. The van der Waals surface area contributed by atoms with E-state index in [0.717, 1.165) is 16.6 Å². The summed E-state index contributed by atoms with van der Waals surface area (Å²) in [6, 6.07) is 10.2. The highest BCUT2D eigenvalue weighted by molar-refractivity contribution is 5.82. The Bertz CT molecular complexity index is 698. The summed E-state index contributed by atoms with van der Waals surface area (Å²) in [5.74, 6) is 0. The standard InChI is InChI=1S/C14H15N5/c1-15-14(13-9-17-18-19(13)2)11-7-8-16-12-6-4-3-5-10(11)12/h3-9,14-15H,1-2H3. The van der Waals surface area contributed by atoms with E-state index in [2.05, 4.69) is 26.7 Å². The SMILES string of the molecule is CNC(c1ccnc2ccccc12)c1cnnn1C. The van der Waals surface area contributed by atoms with Crippen molar-refractivity contribution >= 4 is 10.9 Å². The van der Waals surface area contributed by atoms with Gasteiger partial charge in [0.25, 0.3) is 0 Å². The molecule has 1 N–H and O–H groups in total. The molecule has 96 valence electrons. The summed E-state index contributed by atoms with van der Waals surface area (Å²) in [7, 11) is 3.84. The second-order valence-corrected chi connectivity index (χ2v) is 4.42. The molecule has 2 heterocycles. The van der Waals surface area contributed by atoms with E-state index >= 15 is 0 Å². The van der Waals surface area contributed by atoms with E-state index in [1.54, 1.807) is 10.9 Å². The van der Waals surface area contributed by atoms with Crippen LogP contribution in [0.3, 0.4) is 0 Å². The lowest BCUT2D eigenvalue weighted by Crippen LogP contribution is -2.21. The molecule has 0 aliphatic heterocycles. The van der Waals surface area contributed by atoms with Gasteiger partial charge in [-0.25, -0.2) is 0 Å². The Morgan fingerprint density at radius 1 is 1.21 bits per heavy atom. The van der Waals surface area contributed by atoms with Gasteiger partial charge in [-0.05, 0) is 24.7 Å². The van der Waals surface area contributed by atoms with Crippen molar-refractivity contribution in [3.8, 4) is 0 Å². The minimum absolute atomic E-state index is 0.0490. The molecule has 5 nitrogen and oxygen atoms in total. The second kappa shape index (κ2) is 4.78. The number of benzene rings is 1. The van der Waals surface area contributed by atoms with Gasteiger partial charge in [-0.2, -0.15) is 0 Å². The van der Waals surface area contributed by atoms with Gasteiger partial charge >= 0.3 is 0 Å². The number of aryl methyl sites for hydroxylation is 1. The van der Waals surface area contributed by atoms with Gasteiger partial charge in [0.15, 0.2) is 0 Å². The Labute approximate surface area is 111 Å². The van der Waals surface area contributed by atoms with Crippen molar-refractivity contribution in [2.24, 2.45) is 7.05 Å². The zero-order valence-electron chi connectivity index (χ0n) is 10.9. The van der Waals surface area contributed by atoms with Gasteiger partial charge in [-0.15, -0.1) is 5.10 Å². The first-order valence-electron chi connectivity index (χ1n) is 6.16. The van der Waals surface area contributed by atoms with Gasteiger partial charge in [0.1, 0.15) is 0 Å². The molecule has 3 aromatic rings. The predicted molar refractivity (Wildman–Crippen MR) is 73.6 cm³/mol. The van der Waals surface area contributed by atoms with E-state index in [9.17, 15) is 0 Å². The fourth-order valence-corrected chi connectivity index (χ4v) is 2.39. The molecule has 3 rings (SSSR count). The van der Waals surface area contributed by atoms with Crippen LogP contribution in [-0.4, -0.2) is 27.0 Å². The van der Waals surface area contributed by atoms with Crippen LogP contribution in [0, 0.1) is 0 Å². The minimum atomic E-state index is 0.0490. The van der Waals surface area contributed by atoms with E-state index in [1.807, 2.05) is 44.6 Å². The Morgan fingerprint density at radius 3 is 2.79 bits per heavy atom. The smallest absolute Gasteiger partial charge is 0.0798 e. The van der Waals surface area contributed by atoms with Gasteiger partial charge < -0.3 is 5.32 Å². The molecular weight excluding hydrogens is 238 g/mol. The second-order valence-electron chi connectivity index (χ2n) is 4.42. The molecule has 19 heavy (non-hydrogen) atoms. The van der Waals surface area contributed by atoms with Crippen molar-refractivity contribution < 1.29 is 0 Å². The highest BCUT2D eigenvalue weighted by Gasteiger charge is 2.18. The maximum absolute atomic E-state index is 4.40. The van der Waals surface area contributed by atoms with Gasteiger partial charge in [-0.3, -0.25) is 9.67 Å². The van der Waals surface area contributed by atoms with E-state index in [1.165, 1.54) is 5.56 Å². The molecule has 1 aromatic carbocycles. The Kier molecular flexibility index (Phi) is 2.97. The Hall–Kier alpha value is -2.27. The summed E-state index contributed by atoms with van der Waals surface area (Å²) in [5.41, 5.74) is 3.20. The minimum Gasteiger partial charge on any atom is -0.308 e. The van der Waals surface area contributed by atoms with Gasteiger partial charge in [0.2, 0.25) is 0 Å². The number of pyridine rings is 1. The lowest BCUT2D eigenvalue weighted by Gasteiger charge is -2.18. The van der Waals surface area contributed by atoms with Crippen LogP contribution < -0.4 is 5.32 Å². The van der Waals surface area contributed by atoms with Crippen molar-refractivity contribution in [2.45, 2.75) is 6.04 Å². The van der Waals surface area contributed by atoms with E-state index in [-0.39, 0.29) is 6.04 Å². The topological polar surface area (TPSA) is 55.6 Å². The molecule has 1 atom stereocenters. The lowest BCUT2D eigenvalue weighted by molar-refractivity contribution is 0.600. The molecule has 2 aromatic heterocycles. The van der Waals surface area contributed by atoms with Crippen molar-refractivity contribution in [2.75, 3.05) is 7.05 Å². The van der Waals surface area contributed by atoms with Crippen LogP contribution in [0.1, 0.15) is 17.3 Å². The van der Waals surface area contributed by atoms with Crippen LogP contribution >= 0.6 is 0 Å². The maximum Gasteiger partial charge on any atom is 0.0798 e. The maximum atomic E-state index is 4.40. The van der Waals surface area contributed by atoms with Crippen LogP contribution in [-0.2, 0) is 7.05 Å². The van der Waals surface area contributed by atoms with Gasteiger partial charge in [0.05, 0.1) is 23.4 Å². The fraction of sp³-hybridized carbons (Fsp3) is 0.214. The van der Waals surface area contributed by atoms with Gasteiger partial charge in [-0.1, -0.05) is 23.4 Å². The monoisotopic (exact) mass is 253 g/mol. The van der Waals surface area contributed by atoms with Crippen LogP contribution in [0.2, 0.25) is 0 Å². The number of aromatic nitrogens is 4. The van der Waals surface area contributed by atoms with Crippen molar-refractivity contribution in [3.05, 3.63) is 54.0 Å². The number of nitrogens with one attached hydrogen (secondary N) is 1. The zero-order chi connectivity index (χ0) is 13.2. The molecule has 0 saturated carbocycles. The first-order valence-corrected chi connectivity index (χ1v) is 6.16. The molecule has 0 radical (unpaired) electrons. The third-order valence-electron chi connectivity index (χ3n) is 3.33. The van der Waals surface area contributed by atoms with Crippen molar-refractivity contribution in [1.82, 2.24) is 25.3 Å². The average Bonchev–Trinajstić information content (AvgIpc) is 2.86. The fourth-order valence-electron chi connectivity index (χ4n) is 2.39. The largest absolute Gasteiger partial charge is 0.308 e. The molecule has 0 fully saturated rings. The number of hydrogen-bond acceptors (Lipinski definition) is 4. The third-order valence-corrected chi connectivity index (χ3v) is 3.33. The summed E-state index contributed by atoms with van der Waals surface area (Å²) in [5, 5.41) is 12.4. The number of para-hydroxylation sites is 1. The third kappa shape index (κ3) is 1.98. The van der Waals surface area contributed by atoms with E-state index in [4.69, 9.17) is 0 Å². The summed E-state index contributed by atoms with van der Waals surface area (Å²) < 4.78 is 1.79. The molecule has 1 unspecified atom stereocenters. The summed E-state index contributed by atoms with van der Waals surface area (Å²) in [4.78, 5) is 4.40. The lowest BCUT2D eigenvalue weighted by atomic mass is 10.00. The molecular formula is C14H15N5. The quantitative estimate of drug-likeness (QED) is 0.771. The van der Waals surface area contributed by atoms with Crippen molar-refractivity contribution in [3.63, 3.8) is 0 Å². The molecule has 5 heteroatoms. The van der Waals surface area contributed by atoms with Crippen molar-refractivity contribution in [1.29, 1.82) is 0 Å². The first kappa shape index (κ1) is 11.8. The number of hydrogen-bond donors (Lipinski definition) is 1. The normalized spacial score (nSPS) is 12.7. The first-order chi connectivity index (χ1) is 9.31. The molecule has 0 bridgehead atoms. The average molecular weight is 253 g/mol. The summed E-state index contributed by atoms with van der Waals surface area (Å²) in [6.07, 6.45) is 3.63. The molecule has 0 saturated heterocycles. The number of nitrogens with zero attached hydrogens (tertiary/aromatic N) is 4. The number of rotatable bonds is 3. The van der Waals surface area contributed by atoms with Crippen LogP contribution in [0.4, 0.5) is 0 Å². The predicted octanol–water partition coefficient (Wildman–Crippen LogP) is 1.67. The zero-order valence-corrected chi connectivity index (χ0v) is 10.9. The van der Waals surface area contributed by atoms with Crippen LogP contribution in [0.5, 0.6) is 0 Å². The Morgan fingerprint density at radius 2 is 2.05 bits per heavy atom. The van der Waals surface area contributed by atoms with Gasteiger partial charge in [0, 0.05) is 18.6 Å². The van der Waals surface area contributed by atoms with E-state index < -0.39 is 0 Å². The summed E-state index contributed by atoms with van der Waals surface area (Å²) >= 11 is 0. The molecule has 0 aliphatic rings. The van der Waals surface area contributed by atoms with Crippen LogP contribution in [0.25, 0.3) is 10.9 Å². The molecule has 0 spiro atoms. The highest BCUT2D eigenvalue weighted by Crippen LogP contribution is 2.26.